The van der Waals surface area contributed by atoms with E-state index in [2.05, 4.69) is 12.0 Å². The summed E-state index contributed by atoms with van der Waals surface area (Å²) in [5.74, 6) is 0.623. The fourth-order valence-electron chi connectivity index (χ4n) is 1.73. The Bertz CT molecular complexity index is 255. The van der Waals surface area contributed by atoms with Crippen molar-refractivity contribution < 1.29 is 0 Å². The van der Waals surface area contributed by atoms with Gasteiger partial charge >= 0.3 is 0 Å². The van der Waals surface area contributed by atoms with Gasteiger partial charge < -0.3 is 5.73 Å². The first-order chi connectivity index (χ1) is 7.33. The van der Waals surface area contributed by atoms with Crippen molar-refractivity contribution in [2.45, 2.75) is 58.4 Å². The topological polar surface area (TPSA) is 43.8 Å². The molecule has 1 aromatic rings. The molecular weight excluding hydrogens is 186 g/mol. The quantitative estimate of drug-likeness (QED) is 0.668. The Balaban J connectivity index is 1.93. The lowest BCUT2D eigenvalue weighted by atomic mass is 10.1. The molecule has 0 aromatic carbocycles. The molecule has 0 saturated carbocycles. The second kappa shape index (κ2) is 7.32. The fourth-order valence-corrected chi connectivity index (χ4v) is 1.73. The molecule has 86 valence electrons. The number of hydrogen-bond acceptors (Lipinski definition) is 2. The molecule has 0 unspecified atom stereocenters. The van der Waals surface area contributed by atoms with Crippen LogP contribution in [0.1, 0.15) is 51.9 Å². The number of rotatable bonds is 8. The molecule has 1 heterocycles. The third-order valence-corrected chi connectivity index (χ3v) is 2.65. The van der Waals surface area contributed by atoms with E-state index in [-0.39, 0.29) is 0 Å². The summed E-state index contributed by atoms with van der Waals surface area (Å²) in [4.78, 5) is 0. The van der Waals surface area contributed by atoms with Gasteiger partial charge in [-0.2, -0.15) is 5.10 Å². The third kappa shape index (κ3) is 5.45. The maximum atomic E-state index is 5.53. The number of anilines is 1. The third-order valence-electron chi connectivity index (χ3n) is 2.65. The predicted molar refractivity (Wildman–Crippen MR) is 64.6 cm³/mol. The van der Waals surface area contributed by atoms with E-state index in [0.29, 0.717) is 5.82 Å². The summed E-state index contributed by atoms with van der Waals surface area (Å²) < 4.78 is 1.93. The van der Waals surface area contributed by atoms with E-state index in [1.165, 1.54) is 44.9 Å². The summed E-state index contributed by atoms with van der Waals surface area (Å²) in [5, 5.41) is 4.15. The largest absolute Gasteiger partial charge is 0.382 e. The first-order valence-electron chi connectivity index (χ1n) is 6.12. The van der Waals surface area contributed by atoms with Crippen molar-refractivity contribution in [1.29, 1.82) is 0 Å². The molecule has 0 atom stereocenters. The highest BCUT2D eigenvalue weighted by Gasteiger charge is 1.94. The number of nitrogens with two attached hydrogens (primary N) is 1. The zero-order chi connectivity index (χ0) is 10.9. The highest BCUT2D eigenvalue weighted by molar-refractivity contribution is 5.23. The molecule has 3 nitrogen and oxygen atoms in total. The molecule has 0 spiro atoms. The van der Waals surface area contributed by atoms with Gasteiger partial charge in [0, 0.05) is 12.7 Å². The zero-order valence-electron chi connectivity index (χ0n) is 9.78. The lowest BCUT2D eigenvalue weighted by molar-refractivity contribution is 0.524. The van der Waals surface area contributed by atoms with Crippen LogP contribution in [0.4, 0.5) is 5.82 Å². The first-order valence-corrected chi connectivity index (χ1v) is 6.12. The first kappa shape index (κ1) is 12.1. The molecule has 0 saturated heterocycles. The summed E-state index contributed by atoms with van der Waals surface area (Å²) in [5.41, 5.74) is 5.53. The van der Waals surface area contributed by atoms with Crippen molar-refractivity contribution in [2.24, 2.45) is 0 Å². The van der Waals surface area contributed by atoms with Crippen molar-refractivity contribution in [3.05, 3.63) is 12.3 Å². The molecule has 0 amide bonds. The predicted octanol–water partition coefficient (Wildman–Crippen LogP) is 3.22. The monoisotopic (exact) mass is 209 g/mol. The molecular formula is C12H23N3. The molecule has 3 heteroatoms. The summed E-state index contributed by atoms with van der Waals surface area (Å²) in [6, 6.07) is 1.85. The second-order valence-electron chi connectivity index (χ2n) is 4.12. The number of unbranched alkanes of at least 4 members (excludes halogenated alkanes) is 6. The number of aromatic nitrogens is 2. The summed E-state index contributed by atoms with van der Waals surface area (Å²) in [6.45, 7) is 3.26. The Kier molecular flexibility index (Phi) is 5.90. The minimum Gasteiger partial charge on any atom is -0.382 e. The molecule has 0 bridgehead atoms. The van der Waals surface area contributed by atoms with Crippen LogP contribution in [0.15, 0.2) is 12.3 Å². The Morgan fingerprint density at radius 1 is 1.13 bits per heavy atom. The Labute approximate surface area is 92.7 Å². The Morgan fingerprint density at radius 3 is 2.40 bits per heavy atom. The van der Waals surface area contributed by atoms with Crippen LogP contribution >= 0.6 is 0 Å². The van der Waals surface area contributed by atoms with Crippen LogP contribution in [-0.4, -0.2) is 9.78 Å². The van der Waals surface area contributed by atoms with E-state index in [0.717, 1.165) is 6.54 Å². The fraction of sp³-hybridized carbons (Fsp3) is 0.750. The van der Waals surface area contributed by atoms with E-state index in [9.17, 15) is 0 Å². The van der Waals surface area contributed by atoms with Gasteiger partial charge in [-0.25, -0.2) is 0 Å². The smallest absolute Gasteiger partial charge is 0.145 e. The van der Waals surface area contributed by atoms with Crippen LogP contribution in [0.3, 0.4) is 0 Å². The number of nitrogen functional groups attached to an aromatic ring is 1. The second-order valence-corrected chi connectivity index (χ2v) is 4.12. The van der Waals surface area contributed by atoms with Gasteiger partial charge in [-0.05, 0) is 12.5 Å². The lowest BCUT2D eigenvalue weighted by Gasteiger charge is -2.01. The zero-order valence-corrected chi connectivity index (χ0v) is 9.78. The summed E-state index contributed by atoms with van der Waals surface area (Å²) in [6.07, 6.45) is 11.3. The molecule has 0 fully saturated rings. The van der Waals surface area contributed by atoms with Crippen molar-refractivity contribution in [1.82, 2.24) is 9.78 Å². The van der Waals surface area contributed by atoms with Crippen LogP contribution < -0.4 is 5.73 Å². The van der Waals surface area contributed by atoms with Gasteiger partial charge in [0.1, 0.15) is 5.82 Å². The normalized spacial score (nSPS) is 10.7. The molecule has 0 aliphatic carbocycles. The molecule has 1 rings (SSSR count). The van der Waals surface area contributed by atoms with Crippen molar-refractivity contribution in [2.75, 3.05) is 5.73 Å². The molecule has 2 N–H and O–H groups in total. The van der Waals surface area contributed by atoms with Crippen LogP contribution in [0.5, 0.6) is 0 Å². The number of aryl methyl sites for hydroxylation is 1. The minimum atomic E-state index is 0.623. The number of hydrogen-bond donors (Lipinski definition) is 1. The minimum absolute atomic E-state index is 0.623. The molecule has 15 heavy (non-hydrogen) atoms. The average molecular weight is 209 g/mol. The van der Waals surface area contributed by atoms with E-state index in [4.69, 9.17) is 5.73 Å². The van der Waals surface area contributed by atoms with Crippen molar-refractivity contribution in [3.63, 3.8) is 0 Å². The molecule has 1 aromatic heterocycles. The van der Waals surface area contributed by atoms with Crippen LogP contribution in [0, 0.1) is 0 Å². The van der Waals surface area contributed by atoms with Crippen LogP contribution in [0.2, 0.25) is 0 Å². The van der Waals surface area contributed by atoms with E-state index in [1.807, 2.05) is 16.9 Å². The molecule has 0 radical (unpaired) electrons. The number of nitrogens with zero attached hydrogens (tertiary/aromatic N) is 2. The SMILES string of the molecule is CCCCCCCCCn1ccc(N)n1. The van der Waals surface area contributed by atoms with Gasteiger partial charge in [-0.1, -0.05) is 45.4 Å². The van der Waals surface area contributed by atoms with Gasteiger partial charge in [-0.3, -0.25) is 4.68 Å². The van der Waals surface area contributed by atoms with Gasteiger partial charge in [0.15, 0.2) is 0 Å². The van der Waals surface area contributed by atoms with Crippen LogP contribution in [0.25, 0.3) is 0 Å². The lowest BCUT2D eigenvalue weighted by Crippen LogP contribution is -1.99. The van der Waals surface area contributed by atoms with Gasteiger partial charge in [0.05, 0.1) is 0 Å². The van der Waals surface area contributed by atoms with Crippen molar-refractivity contribution in [3.8, 4) is 0 Å². The van der Waals surface area contributed by atoms with Gasteiger partial charge in [0.25, 0.3) is 0 Å². The van der Waals surface area contributed by atoms with Crippen molar-refractivity contribution >= 4 is 5.82 Å². The van der Waals surface area contributed by atoms with Gasteiger partial charge in [-0.15, -0.1) is 0 Å². The maximum absolute atomic E-state index is 5.53. The van der Waals surface area contributed by atoms with E-state index >= 15 is 0 Å². The highest BCUT2D eigenvalue weighted by atomic mass is 15.3. The highest BCUT2D eigenvalue weighted by Crippen LogP contribution is 2.07. The Morgan fingerprint density at radius 2 is 1.80 bits per heavy atom. The Hall–Kier alpha value is -0.990. The molecule has 0 aliphatic heterocycles. The van der Waals surface area contributed by atoms with E-state index < -0.39 is 0 Å². The standard InChI is InChI=1S/C12H23N3/c1-2-3-4-5-6-7-8-10-15-11-9-12(13)14-15/h9,11H,2-8,10H2,1H3,(H2,13,14). The maximum Gasteiger partial charge on any atom is 0.145 e. The summed E-state index contributed by atoms with van der Waals surface area (Å²) in [7, 11) is 0. The average Bonchev–Trinajstić information content (AvgIpc) is 2.63. The summed E-state index contributed by atoms with van der Waals surface area (Å²) >= 11 is 0. The molecule has 0 aliphatic rings. The van der Waals surface area contributed by atoms with Crippen LogP contribution in [-0.2, 0) is 6.54 Å². The van der Waals surface area contributed by atoms with E-state index in [1.54, 1.807) is 0 Å². The van der Waals surface area contributed by atoms with Gasteiger partial charge in [0.2, 0.25) is 0 Å².